The van der Waals surface area contributed by atoms with Crippen molar-refractivity contribution in [2.75, 3.05) is 13.1 Å². The molecular formula is C17H28FN3. The van der Waals surface area contributed by atoms with Crippen LogP contribution in [0.5, 0.6) is 0 Å². The molecule has 0 amide bonds. The Labute approximate surface area is 127 Å². The fourth-order valence-corrected chi connectivity index (χ4v) is 3.91. The van der Waals surface area contributed by atoms with E-state index < -0.39 is 0 Å². The molecule has 1 aliphatic heterocycles. The smallest absolute Gasteiger partial charge is 0.123 e. The van der Waals surface area contributed by atoms with Gasteiger partial charge in [0.25, 0.3) is 0 Å². The molecule has 118 valence electrons. The lowest BCUT2D eigenvalue weighted by molar-refractivity contribution is 0.0613. The van der Waals surface area contributed by atoms with Gasteiger partial charge in [0.15, 0.2) is 0 Å². The molecule has 1 heterocycles. The van der Waals surface area contributed by atoms with Crippen LogP contribution in [0, 0.1) is 12.7 Å². The molecule has 2 rings (SSSR count). The predicted molar refractivity (Wildman–Crippen MR) is 85.3 cm³/mol. The third-order valence-electron chi connectivity index (χ3n) is 5.22. The summed E-state index contributed by atoms with van der Waals surface area (Å²) < 4.78 is 13.7. The van der Waals surface area contributed by atoms with E-state index >= 15 is 0 Å². The normalized spacial score (nSPS) is 18.1. The van der Waals surface area contributed by atoms with Crippen molar-refractivity contribution in [3.63, 3.8) is 0 Å². The Hall–Kier alpha value is -0.970. The third-order valence-corrected chi connectivity index (χ3v) is 5.22. The largest absolute Gasteiger partial charge is 0.296 e. The summed E-state index contributed by atoms with van der Waals surface area (Å²) in [7, 11) is 0. The molecule has 3 N–H and O–H groups in total. The SMILES string of the molecule is CCC(CC)(C(NN)c1cc(F)ccc1C)N1CCCC1. The van der Waals surface area contributed by atoms with Crippen LogP contribution < -0.4 is 11.3 Å². The van der Waals surface area contributed by atoms with Crippen LogP contribution in [0.15, 0.2) is 18.2 Å². The van der Waals surface area contributed by atoms with Crippen molar-refractivity contribution in [2.45, 2.75) is 58.0 Å². The molecule has 0 spiro atoms. The summed E-state index contributed by atoms with van der Waals surface area (Å²) in [5, 5.41) is 0. The lowest BCUT2D eigenvalue weighted by Crippen LogP contribution is -2.56. The molecule has 1 aliphatic rings. The van der Waals surface area contributed by atoms with Gasteiger partial charge in [-0.25, -0.2) is 4.39 Å². The second-order valence-electron chi connectivity index (χ2n) is 6.11. The Morgan fingerprint density at radius 2 is 1.90 bits per heavy atom. The standard InChI is InChI=1S/C17H28FN3/c1-4-17(5-2,21-10-6-7-11-21)16(20-19)15-12-14(18)9-8-13(15)3/h8-9,12,16,20H,4-7,10-11,19H2,1-3H3. The van der Waals surface area contributed by atoms with Crippen LogP contribution in [0.3, 0.4) is 0 Å². The first-order valence-corrected chi connectivity index (χ1v) is 8.06. The maximum Gasteiger partial charge on any atom is 0.123 e. The fraction of sp³-hybridized carbons (Fsp3) is 0.647. The molecule has 0 aliphatic carbocycles. The van der Waals surface area contributed by atoms with E-state index in [1.807, 2.05) is 13.0 Å². The molecule has 1 saturated heterocycles. The number of hydrogen-bond acceptors (Lipinski definition) is 3. The Morgan fingerprint density at radius 3 is 2.43 bits per heavy atom. The van der Waals surface area contributed by atoms with Gasteiger partial charge in [-0.05, 0) is 69.0 Å². The van der Waals surface area contributed by atoms with Gasteiger partial charge < -0.3 is 0 Å². The number of nitrogens with one attached hydrogen (secondary N) is 1. The molecule has 1 unspecified atom stereocenters. The summed E-state index contributed by atoms with van der Waals surface area (Å²) >= 11 is 0. The molecule has 1 fully saturated rings. The number of aryl methyl sites for hydroxylation is 1. The summed E-state index contributed by atoms with van der Waals surface area (Å²) in [4.78, 5) is 2.54. The minimum Gasteiger partial charge on any atom is -0.296 e. The van der Waals surface area contributed by atoms with Crippen LogP contribution >= 0.6 is 0 Å². The van der Waals surface area contributed by atoms with Crippen LogP contribution in [0.1, 0.15) is 56.7 Å². The van der Waals surface area contributed by atoms with E-state index in [1.165, 1.54) is 18.9 Å². The van der Waals surface area contributed by atoms with E-state index in [-0.39, 0.29) is 17.4 Å². The Kier molecular flexibility index (Phi) is 5.36. The van der Waals surface area contributed by atoms with Gasteiger partial charge in [0.1, 0.15) is 5.82 Å². The first-order chi connectivity index (χ1) is 10.1. The lowest BCUT2D eigenvalue weighted by Gasteiger charge is -2.47. The highest BCUT2D eigenvalue weighted by Crippen LogP contribution is 2.40. The molecular weight excluding hydrogens is 265 g/mol. The molecule has 1 aromatic carbocycles. The van der Waals surface area contributed by atoms with Crippen molar-refractivity contribution in [1.82, 2.24) is 10.3 Å². The highest BCUT2D eigenvalue weighted by molar-refractivity contribution is 5.32. The number of nitrogens with two attached hydrogens (primary N) is 1. The van der Waals surface area contributed by atoms with E-state index in [0.717, 1.165) is 37.1 Å². The van der Waals surface area contributed by atoms with Crippen LogP contribution in [-0.4, -0.2) is 23.5 Å². The van der Waals surface area contributed by atoms with E-state index in [1.54, 1.807) is 6.07 Å². The number of halogens is 1. The average molecular weight is 293 g/mol. The third kappa shape index (κ3) is 2.98. The number of benzene rings is 1. The van der Waals surface area contributed by atoms with Crippen molar-refractivity contribution in [1.29, 1.82) is 0 Å². The summed E-state index contributed by atoms with van der Waals surface area (Å²) in [6.07, 6.45) is 4.46. The minimum atomic E-state index is -0.196. The predicted octanol–water partition coefficient (Wildman–Crippen LogP) is 3.29. The highest BCUT2D eigenvalue weighted by Gasteiger charge is 2.42. The van der Waals surface area contributed by atoms with Crippen LogP contribution in [0.2, 0.25) is 0 Å². The number of hydrogen-bond donors (Lipinski definition) is 2. The first kappa shape index (κ1) is 16.4. The van der Waals surface area contributed by atoms with Gasteiger partial charge in [0.05, 0.1) is 6.04 Å². The summed E-state index contributed by atoms with van der Waals surface area (Å²) in [6.45, 7) is 8.66. The first-order valence-electron chi connectivity index (χ1n) is 8.06. The number of likely N-dealkylation sites (tertiary alicyclic amines) is 1. The second kappa shape index (κ2) is 6.86. The van der Waals surface area contributed by atoms with Gasteiger partial charge in [-0.15, -0.1) is 0 Å². The summed E-state index contributed by atoms with van der Waals surface area (Å²) in [6, 6.07) is 4.94. The zero-order valence-corrected chi connectivity index (χ0v) is 13.5. The summed E-state index contributed by atoms with van der Waals surface area (Å²) in [5.41, 5.74) is 5.01. The minimum absolute atomic E-state index is 0.0518. The van der Waals surface area contributed by atoms with Crippen LogP contribution in [-0.2, 0) is 0 Å². The van der Waals surface area contributed by atoms with Crippen molar-refractivity contribution in [3.05, 3.63) is 35.1 Å². The molecule has 0 bridgehead atoms. The van der Waals surface area contributed by atoms with E-state index in [9.17, 15) is 4.39 Å². The van der Waals surface area contributed by atoms with Gasteiger partial charge in [0, 0.05) is 5.54 Å². The molecule has 1 aromatic rings. The molecule has 3 nitrogen and oxygen atoms in total. The van der Waals surface area contributed by atoms with E-state index in [0.29, 0.717) is 0 Å². The maximum absolute atomic E-state index is 13.7. The summed E-state index contributed by atoms with van der Waals surface area (Å²) in [5.74, 6) is 5.73. The number of nitrogens with zero attached hydrogens (tertiary/aromatic N) is 1. The van der Waals surface area contributed by atoms with Crippen molar-refractivity contribution in [3.8, 4) is 0 Å². The monoisotopic (exact) mass is 293 g/mol. The topological polar surface area (TPSA) is 41.3 Å². The Balaban J connectivity index is 2.46. The fourth-order valence-electron chi connectivity index (χ4n) is 3.91. The van der Waals surface area contributed by atoms with Gasteiger partial charge >= 0.3 is 0 Å². The van der Waals surface area contributed by atoms with E-state index in [2.05, 4.69) is 24.2 Å². The van der Waals surface area contributed by atoms with Gasteiger partial charge in [-0.2, -0.15) is 0 Å². The zero-order chi connectivity index (χ0) is 15.5. The van der Waals surface area contributed by atoms with Crippen molar-refractivity contribution < 1.29 is 4.39 Å². The van der Waals surface area contributed by atoms with Gasteiger partial charge in [-0.1, -0.05) is 19.9 Å². The molecule has 0 saturated carbocycles. The molecule has 21 heavy (non-hydrogen) atoms. The maximum atomic E-state index is 13.7. The quantitative estimate of drug-likeness (QED) is 0.624. The van der Waals surface area contributed by atoms with Crippen molar-refractivity contribution >= 4 is 0 Å². The number of rotatable bonds is 6. The average Bonchev–Trinajstić information content (AvgIpc) is 3.02. The van der Waals surface area contributed by atoms with Crippen LogP contribution in [0.4, 0.5) is 4.39 Å². The van der Waals surface area contributed by atoms with E-state index in [4.69, 9.17) is 5.84 Å². The van der Waals surface area contributed by atoms with Crippen molar-refractivity contribution in [2.24, 2.45) is 5.84 Å². The molecule has 1 atom stereocenters. The van der Waals surface area contributed by atoms with Crippen LogP contribution in [0.25, 0.3) is 0 Å². The molecule has 4 heteroatoms. The highest BCUT2D eigenvalue weighted by atomic mass is 19.1. The molecule has 0 radical (unpaired) electrons. The van der Waals surface area contributed by atoms with Gasteiger partial charge in [-0.3, -0.25) is 16.2 Å². The lowest BCUT2D eigenvalue weighted by atomic mass is 9.78. The molecule has 0 aromatic heterocycles. The second-order valence-corrected chi connectivity index (χ2v) is 6.11. The Morgan fingerprint density at radius 1 is 1.29 bits per heavy atom. The number of hydrazine groups is 1. The van der Waals surface area contributed by atoms with Gasteiger partial charge in [0.2, 0.25) is 0 Å². The Bertz CT molecular complexity index is 465. The zero-order valence-electron chi connectivity index (χ0n) is 13.5.